The highest BCUT2D eigenvalue weighted by Crippen LogP contribution is 2.08. The quantitative estimate of drug-likeness (QED) is 0.478. The second-order valence-corrected chi connectivity index (χ2v) is 5.10. The SMILES string of the molecule is COCCCNC(=O)CNCC(C)(O)CSC. The number of thioether (sulfide) groups is 1. The summed E-state index contributed by atoms with van der Waals surface area (Å²) in [4.78, 5) is 11.3. The van der Waals surface area contributed by atoms with E-state index in [4.69, 9.17) is 4.74 Å². The number of hydrogen-bond donors (Lipinski definition) is 3. The predicted octanol–water partition coefficient (Wildman–Crippen LogP) is -0.157. The van der Waals surface area contributed by atoms with Gasteiger partial charge in [0, 0.05) is 32.6 Å². The smallest absolute Gasteiger partial charge is 0.233 e. The molecule has 0 aliphatic heterocycles. The summed E-state index contributed by atoms with van der Waals surface area (Å²) in [5.74, 6) is 0.594. The minimum Gasteiger partial charge on any atom is -0.388 e. The highest BCUT2D eigenvalue weighted by atomic mass is 32.2. The van der Waals surface area contributed by atoms with Crippen LogP contribution in [-0.4, -0.2) is 62.0 Å². The van der Waals surface area contributed by atoms with Crippen LogP contribution in [0.25, 0.3) is 0 Å². The van der Waals surface area contributed by atoms with E-state index in [1.165, 1.54) is 0 Å². The molecule has 0 spiro atoms. The molecule has 17 heavy (non-hydrogen) atoms. The van der Waals surface area contributed by atoms with Crippen molar-refractivity contribution in [3.8, 4) is 0 Å². The van der Waals surface area contributed by atoms with E-state index < -0.39 is 5.60 Å². The molecule has 0 aliphatic rings. The molecule has 3 N–H and O–H groups in total. The third kappa shape index (κ3) is 10.6. The van der Waals surface area contributed by atoms with E-state index in [0.717, 1.165) is 6.42 Å². The van der Waals surface area contributed by atoms with Gasteiger partial charge in [-0.1, -0.05) is 0 Å². The first-order valence-corrected chi connectivity index (χ1v) is 7.09. The molecule has 0 aliphatic carbocycles. The minimum absolute atomic E-state index is 0.0546. The van der Waals surface area contributed by atoms with Gasteiger partial charge in [-0.3, -0.25) is 4.79 Å². The van der Waals surface area contributed by atoms with Gasteiger partial charge < -0.3 is 20.5 Å². The minimum atomic E-state index is -0.768. The number of aliphatic hydroxyl groups is 1. The van der Waals surface area contributed by atoms with Crippen molar-refractivity contribution in [3.63, 3.8) is 0 Å². The second-order valence-electron chi connectivity index (χ2n) is 4.23. The van der Waals surface area contributed by atoms with Crippen molar-refractivity contribution in [1.82, 2.24) is 10.6 Å². The third-order valence-electron chi connectivity index (χ3n) is 2.09. The van der Waals surface area contributed by atoms with Crippen LogP contribution >= 0.6 is 11.8 Å². The lowest BCUT2D eigenvalue weighted by molar-refractivity contribution is -0.120. The number of hydrogen-bond acceptors (Lipinski definition) is 5. The maximum Gasteiger partial charge on any atom is 0.233 e. The zero-order chi connectivity index (χ0) is 13.1. The van der Waals surface area contributed by atoms with Gasteiger partial charge in [0.1, 0.15) is 0 Å². The maximum absolute atomic E-state index is 11.3. The number of amides is 1. The fourth-order valence-corrected chi connectivity index (χ4v) is 2.04. The Hall–Kier alpha value is -0.300. The first-order valence-electron chi connectivity index (χ1n) is 5.69. The average molecular weight is 264 g/mol. The van der Waals surface area contributed by atoms with E-state index in [1.54, 1.807) is 25.8 Å². The molecule has 0 heterocycles. The Morgan fingerprint density at radius 1 is 1.53 bits per heavy atom. The van der Waals surface area contributed by atoms with E-state index in [2.05, 4.69) is 10.6 Å². The monoisotopic (exact) mass is 264 g/mol. The third-order valence-corrected chi connectivity index (χ3v) is 3.00. The van der Waals surface area contributed by atoms with Crippen molar-refractivity contribution >= 4 is 17.7 Å². The molecule has 0 saturated carbocycles. The number of carbonyl (C=O) groups excluding carboxylic acids is 1. The Balaban J connectivity index is 3.50. The van der Waals surface area contributed by atoms with Crippen molar-refractivity contribution in [2.24, 2.45) is 0 Å². The van der Waals surface area contributed by atoms with Crippen LogP contribution in [0.4, 0.5) is 0 Å². The number of methoxy groups -OCH3 is 1. The molecule has 0 rings (SSSR count). The Kier molecular flexibility index (Phi) is 9.53. The van der Waals surface area contributed by atoms with Crippen LogP contribution in [0.1, 0.15) is 13.3 Å². The number of carbonyl (C=O) groups is 1. The van der Waals surface area contributed by atoms with Crippen LogP contribution in [-0.2, 0) is 9.53 Å². The predicted molar refractivity (Wildman–Crippen MR) is 71.4 cm³/mol. The van der Waals surface area contributed by atoms with E-state index >= 15 is 0 Å². The molecule has 102 valence electrons. The Morgan fingerprint density at radius 3 is 2.82 bits per heavy atom. The molecule has 0 aromatic carbocycles. The van der Waals surface area contributed by atoms with Gasteiger partial charge >= 0.3 is 0 Å². The van der Waals surface area contributed by atoms with Gasteiger partial charge in [-0.25, -0.2) is 0 Å². The molecule has 0 fully saturated rings. The molecule has 0 aromatic rings. The molecular formula is C11H24N2O3S. The highest BCUT2D eigenvalue weighted by molar-refractivity contribution is 7.98. The van der Waals surface area contributed by atoms with Gasteiger partial charge in [0.2, 0.25) is 5.91 Å². The Morgan fingerprint density at radius 2 is 2.24 bits per heavy atom. The topological polar surface area (TPSA) is 70.6 Å². The summed E-state index contributed by atoms with van der Waals surface area (Å²) in [6.45, 7) is 3.68. The van der Waals surface area contributed by atoms with Crippen LogP contribution < -0.4 is 10.6 Å². The van der Waals surface area contributed by atoms with Gasteiger partial charge in [0.05, 0.1) is 12.1 Å². The van der Waals surface area contributed by atoms with E-state index in [1.807, 2.05) is 6.26 Å². The van der Waals surface area contributed by atoms with Crippen LogP contribution in [0.3, 0.4) is 0 Å². The molecule has 0 aromatic heterocycles. The maximum atomic E-state index is 11.3. The molecule has 0 radical (unpaired) electrons. The largest absolute Gasteiger partial charge is 0.388 e. The molecule has 6 heteroatoms. The fraction of sp³-hybridized carbons (Fsp3) is 0.909. The lowest BCUT2D eigenvalue weighted by Gasteiger charge is -2.22. The molecule has 1 amide bonds. The van der Waals surface area contributed by atoms with Crippen LogP contribution in [0, 0.1) is 0 Å². The molecule has 1 atom stereocenters. The lowest BCUT2D eigenvalue weighted by atomic mass is 10.1. The van der Waals surface area contributed by atoms with Crippen molar-refractivity contribution < 1.29 is 14.6 Å². The summed E-state index contributed by atoms with van der Waals surface area (Å²) < 4.78 is 4.87. The molecule has 1 unspecified atom stereocenters. The van der Waals surface area contributed by atoms with Crippen molar-refractivity contribution in [2.45, 2.75) is 18.9 Å². The Bertz CT molecular complexity index is 213. The summed E-state index contributed by atoms with van der Waals surface area (Å²) >= 11 is 1.58. The average Bonchev–Trinajstić information content (AvgIpc) is 2.24. The first-order chi connectivity index (χ1) is 8.02. The molecule has 5 nitrogen and oxygen atoms in total. The standard InChI is InChI=1S/C11H24N2O3S/c1-11(15,9-17-3)8-12-7-10(14)13-5-4-6-16-2/h12,15H,4-9H2,1-3H3,(H,13,14). The highest BCUT2D eigenvalue weighted by Gasteiger charge is 2.18. The van der Waals surface area contributed by atoms with Crippen molar-refractivity contribution in [2.75, 3.05) is 45.4 Å². The first kappa shape index (κ1) is 16.7. The van der Waals surface area contributed by atoms with Gasteiger partial charge in [-0.05, 0) is 19.6 Å². The fourth-order valence-electron chi connectivity index (χ4n) is 1.31. The van der Waals surface area contributed by atoms with Gasteiger partial charge in [0.15, 0.2) is 0 Å². The number of ether oxygens (including phenoxy) is 1. The molecular weight excluding hydrogens is 240 g/mol. The zero-order valence-corrected chi connectivity index (χ0v) is 11.7. The second kappa shape index (κ2) is 9.70. The summed E-state index contributed by atoms with van der Waals surface area (Å²) in [5, 5.41) is 15.6. The summed E-state index contributed by atoms with van der Waals surface area (Å²) in [7, 11) is 1.64. The number of nitrogens with one attached hydrogen (secondary N) is 2. The number of rotatable bonds is 10. The van der Waals surface area contributed by atoms with E-state index in [0.29, 0.717) is 25.4 Å². The van der Waals surface area contributed by atoms with E-state index in [9.17, 15) is 9.90 Å². The van der Waals surface area contributed by atoms with Crippen LogP contribution in [0.15, 0.2) is 0 Å². The molecule has 0 saturated heterocycles. The van der Waals surface area contributed by atoms with Gasteiger partial charge in [-0.2, -0.15) is 11.8 Å². The van der Waals surface area contributed by atoms with E-state index in [-0.39, 0.29) is 12.5 Å². The molecule has 0 bridgehead atoms. The normalized spacial score (nSPS) is 14.4. The Labute approximate surface area is 108 Å². The lowest BCUT2D eigenvalue weighted by Crippen LogP contribution is -2.44. The zero-order valence-electron chi connectivity index (χ0n) is 10.9. The van der Waals surface area contributed by atoms with Crippen LogP contribution in [0.5, 0.6) is 0 Å². The summed E-state index contributed by atoms with van der Waals surface area (Å²) in [6.07, 6.45) is 2.75. The van der Waals surface area contributed by atoms with Gasteiger partial charge in [-0.15, -0.1) is 0 Å². The van der Waals surface area contributed by atoms with Crippen molar-refractivity contribution in [3.05, 3.63) is 0 Å². The van der Waals surface area contributed by atoms with Gasteiger partial charge in [0.25, 0.3) is 0 Å². The summed E-state index contributed by atoms with van der Waals surface area (Å²) in [6, 6.07) is 0. The van der Waals surface area contributed by atoms with Crippen molar-refractivity contribution in [1.29, 1.82) is 0 Å². The van der Waals surface area contributed by atoms with Crippen LogP contribution in [0.2, 0.25) is 0 Å². The summed E-state index contributed by atoms with van der Waals surface area (Å²) in [5.41, 5.74) is -0.768.